The van der Waals surface area contributed by atoms with Gasteiger partial charge in [0.2, 0.25) is 0 Å². The zero-order chi connectivity index (χ0) is 13.1. The highest BCUT2D eigenvalue weighted by Crippen LogP contribution is 2.26. The number of aryl methyl sites for hydroxylation is 1. The lowest BCUT2D eigenvalue weighted by molar-refractivity contribution is 0.0605. The minimum atomic E-state index is -0.367. The van der Waals surface area contributed by atoms with Crippen molar-refractivity contribution in [1.82, 2.24) is 4.98 Å². The topological polar surface area (TPSA) is 51.2 Å². The molecule has 6 heteroatoms. The molecule has 2 rings (SSSR count). The first-order valence-electron chi connectivity index (χ1n) is 5.18. The SMILES string of the molecule is COC(=O)c1sc(Nc2ccc(Cl)cc2)nc1C. The predicted octanol–water partition coefficient (Wildman–Crippen LogP) is 3.64. The van der Waals surface area contributed by atoms with Crippen molar-refractivity contribution in [3.05, 3.63) is 39.9 Å². The maximum absolute atomic E-state index is 11.4. The number of ether oxygens (including phenoxy) is 1. The molecule has 1 aromatic heterocycles. The number of hydrogen-bond acceptors (Lipinski definition) is 5. The van der Waals surface area contributed by atoms with Gasteiger partial charge in [-0.2, -0.15) is 0 Å². The van der Waals surface area contributed by atoms with Gasteiger partial charge < -0.3 is 10.1 Å². The maximum Gasteiger partial charge on any atom is 0.350 e. The van der Waals surface area contributed by atoms with E-state index in [9.17, 15) is 4.79 Å². The molecule has 94 valence electrons. The lowest BCUT2D eigenvalue weighted by Crippen LogP contribution is -1.99. The van der Waals surface area contributed by atoms with Crippen molar-refractivity contribution in [3.63, 3.8) is 0 Å². The lowest BCUT2D eigenvalue weighted by atomic mass is 10.3. The number of hydrogen-bond donors (Lipinski definition) is 1. The van der Waals surface area contributed by atoms with Crippen LogP contribution in [0.15, 0.2) is 24.3 Å². The third kappa shape index (κ3) is 2.80. The van der Waals surface area contributed by atoms with E-state index >= 15 is 0 Å². The van der Waals surface area contributed by atoms with Crippen molar-refractivity contribution in [2.45, 2.75) is 6.92 Å². The number of benzene rings is 1. The third-order valence-corrected chi connectivity index (χ3v) is 3.57. The molecule has 0 saturated heterocycles. The van der Waals surface area contributed by atoms with E-state index in [1.165, 1.54) is 18.4 Å². The second kappa shape index (κ2) is 5.37. The first-order valence-corrected chi connectivity index (χ1v) is 6.38. The highest BCUT2D eigenvalue weighted by molar-refractivity contribution is 7.17. The molecule has 0 aliphatic carbocycles. The molecule has 0 aliphatic rings. The Morgan fingerprint density at radius 2 is 2.06 bits per heavy atom. The largest absolute Gasteiger partial charge is 0.465 e. The lowest BCUT2D eigenvalue weighted by Gasteiger charge is -2.01. The molecule has 0 unspecified atom stereocenters. The summed E-state index contributed by atoms with van der Waals surface area (Å²) >= 11 is 7.06. The monoisotopic (exact) mass is 282 g/mol. The number of rotatable bonds is 3. The van der Waals surface area contributed by atoms with Gasteiger partial charge in [0, 0.05) is 10.7 Å². The average molecular weight is 283 g/mol. The number of anilines is 2. The molecule has 2 aromatic rings. The molecule has 4 nitrogen and oxygen atoms in total. The number of esters is 1. The quantitative estimate of drug-likeness (QED) is 0.873. The summed E-state index contributed by atoms with van der Waals surface area (Å²) in [5.74, 6) is -0.367. The Bertz CT molecular complexity index is 566. The van der Waals surface area contributed by atoms with Gasteiger partial charge in [0.05, 0.1) is 12.8 Å². The Balaban J connectivity index is 2.20. The van der Waals surface area contributed by atoms with Crippen LogP contribution >= 0.6 is 22.9 Å². The van der Waals surface area contributed by atoms with Crippen LogP contribution in [-0.2, 0) is 4.74 Å². The van der Waals surface area contributed by atoms with E-state index in [1.807, 2.05) is 12.1 Å². The molecule has 0 amide bonds. The molecule has 18 heavy (non-hydrogen) atoms. The van der Waals surface area contributed by atoms with Crippen LogP contribution in [0.25, 0.3) is 0 Å². The zero-order valence-corrected chi connectivity index (χ0v) is 11.4. The summed E-state index contributed by atoms with van der Waals surface area (Å²) in [5, 5.41) is 4.43. The molecule has 0 saturated carbocycles. The van der Waals surface area contributed by atoms with Crippen molar-refractivity contribution < 1.29 is 9.53 Å². The number of thiazole rings is 1. The summed E-state index contributed by atoms with van der Waals surface area (Å²) in [6, 6.07) is 7.25. The van der Waals surface area contributed by atoms with E-state index in [1.54, 1.807) is 19.1 Å². The molecule has 1 heterocycles. The molecule has 0 atom stereocenters. The van der Waals surface area contributed by atoms with Gasteiger partial charge in [0.1, 0.15) is 4.88 Å². The Kier molecular flexibility index (Phi) is 3.84. The number of methoxy groups -OCH3 is 1. The second-order valence-corrected chi connectivity index (χ2v) is 4.99. The van der Waals surface area contributed by atoms with E-state index < -0.39 is 0 Å². The molecule has 1 N–H and O–H groups in total. The van der Waals surface area contributed by atoms with Crippen LogP contribution in [0.4, 0.5) is 10.8 Å². The summed E-state index contributed by atoms with van der Waals surface area (Å²) in [6.45, 7) is 1.77. The molecule has 0 spiro atoms. The first-order chi connectivity index (χ1) is 8.60. The maximum atomic E-state index is 11.4. The van der Waals surface area contributed by atoms with E-state index in [0.29, 0.717) is 20.7 Å². The van der Waals surface area contributed by atoms with Crippen LogP contribution < -0.4 is 5.32 Å². The molecular weight excluding hydrogens is 272 g/mol. The fourth-order valence-corrected chi connectivity index (χ4v) is 2.42. The number of carbonyl (C=O) groups excluding carboxylic acids is 1. The average Bonchev–Trinajstić information content (AvgIpc) is 2.72. The number of nitrogens with one attached hydrogen (secondary N) is 1. The molecule has 0 fully saturated rings. The second-order valence-electron chi connectivity index (χ2n) is 3.56. The summed E-state index contributed by atoms with van der Waals surface area (Å²) in [6.07, 6.45) is 0. The van der Waals surface area contributed by atoms with E-state index in [2.05, 4.69) is 15.0 Å². The van der Waals surface area contributed by atoms with Crippen molar-refractivity contribution in [3.8, 4) is 0 Å². The van der Waals surface area contributed by atoms with Gasteiger partial charge in [-0.25, -0.2) is 9.78 Å². The van der Waals surface area contributed by atoms with Gasteiger partial charge in [0.15, 0.2) is 5.13 Å². The van der Waals surface area contributed by atoms with Crippen LogP contribution in [0.3, 0.4) is 0 Å². The van der Waals surface area contributed by atoms with Gasteiger partial charge in [-0.3, -0.25) is 0 Å². The molecule has 0 bridgehead atoms. The Morgan fingerprint density at radius 1 is 1.39 bits per heavy atom. The Labute approximate surface area is 114 Å². The molecule has 0 aliphatic heterocycles. The van der Waals surface area contributed by atoms with Crippen molar-refractivity contribution >= 4 is 39.7 Å². The molecule has 1 aromatic carbocycles. The van der Waals surface area contributed by atoms with Gasteiger partial charge in [-0.05, 0) is 31.2 Å². The van der Waals surface area contributed by atoms with Crippen LogP contribution in [0.1, 0.15) is 15.4 Å². The predicted molar refractivity (Wildman–Crippen MR) is 72.9 cm³/mol. The number of halogens is 1. The molecule has 0 radical (unpaired) electrons. The fourth-order valence-electron chi connectivity index (χ4n) is 1.39. The minimum Gasteiger partial charge on any atom is -0.465 e. The van der Waals surface area contributed by atoms with E-state index in [4.69, 9.17) is 11.6 Å². The van der Waals surface area contributed by atoms with Crippen LogP contribution in [0.2, 0.25) is 5.02 Å². The van der Waals surface area contributed by atoms with Crippen LogP contribution in [-0.4, -0.2) is 18.1 Å². The number of nitrogens with zero attached hydrogens (tertiary/aromatic N) is 1. The Hall–Kier alpha value is -1.59. The summed E-state index contributed by atoms with van der Waals surface area (Å²) in [5.41, 5.74) is 1.52. The molecular formula is C12H11ClN2O2S. The van der Waals surface area contributed by atoms with E-state index in [-0.39, 0.29) is 5.97 Å². The smallest absolute Gasteiger partial charge is 0.350 e. The summed E-state index contributed by atoms with van der Waals surface area (Å²) < 4.78 is 4.68. The Morgan fingerprint density at radius 3 is 2.67 bits per heavy atom. The highest BCUT2D eigenvalue weighted by Gasteiger charge is 2.15. The van der Waals surface area contributed by atoms with Crippen molar-refractivity contribution in [2.75, 3.05) is 12.4 Å². The normalized spacial score (nSPS) is 10.2. The van der Waals surface area contributed by atoms with Gasteiger partial charge in [-0.15, -0.1) is 0 Å². The number of carbonyl (C=O) groups is 1. The van der Waals surface area contributed by atoms with Crippen molar-refractivity contribution in [1.29, 1.82) is 0 Å². The van der Waals surface area contributed by atoms with Gasteiger partial charge >= 0.3 is 5.97 Å². The zero-order valence-electron chi connectivity index (χ0n) is 9.86. The minimum absolute atomic E-state index is 0.367. The number of aromatic nitrogens is 1. The van der Waals surface area contributed by atoms with E-state index in [0.717, 1.165) is 5.69 Å². The van der Waals surface area contributed by atoms with Gasteiger partial charge in [0.25, 0.3) is 0 Å². The van der Waals surface area contributed by atoms with Crippen LogP contribution in [0, 0.1) is 6.92 Å². The van der Waals surface area contributed by atoms with Crippen LogP contribution in [0.5, 0.6) is 0 Å². The third-order valence-electron chi connectivity index (χ3n) is 2.26. The van der Waals surface area contributed by atoms with Crippen molar-refractivity contribution in [2.24, 2.45) is 0 Å². The van der Waals surface area contributed by atoms with Gasteiger partial charge in [-0.1, -0.05) is 22.9 Å². The first kappa shape index (κ1) is 12.9. The standard InChI is InChI=1S/C12H11ClN2O2S/c1-7-10(11(16)17-2)18-12(14-7)15-9-5-3-8(13)4-6-9/h3-6H,1-2H3,(H,14,15). The summed E-state index contributed by atoms with van der Waals surface area (Å²) in [7, 11) is 1.35. The fraction of sp³-hybridized carbons (Fsp3) is 0.167. The highest BCUT2D eigenvalue weighted by atomic mass is 35.5. The summed E-state index contributed by atoms with van der Waals surface area (Å²) in [4.78, 5) is 16.2.